The summed E-state index contributed by atoms with van der Waals surface area (Å²) in [6.07, 6.45) is 5.93. The Bertz CT molecular complexity index is 847. The van der Waals surface area contributed by atoms with E-state index in [1.807, 2.05) is 4.90 Å². The third-order valence-electron chi connectivity index (χ3n) is 5.75. The monoisotopic (exact) mass is 421 g/mol. The average Bonchev–Trinajstić information content (AvgIpc) is 3.30. The number of carbonyl (C=O) groups excluding carboxylic acids is 1. The van der Waals surface area contributed by atoms with Gasteiger partial charge in [-0.2, -0.15) is 0 Å². The van der Waals surface area contributed by atoms with Crippen LogP contribution in [0.25, 0.3) is 0 Å². The molecule has 8 heteroatoms. The molecule has 2 aliphatic rings. The highest BCUT2D eigenvalue weighted by Crippen LogP contribution is 2.32. The molecule has 0 aliphatic carbocycles. The van der Waals surface area contributed by atoms with Crippen LogP contribution < -0.4 is 4.90 Å². The number of aromatic nitrogens is 2. The molecular weight excluding hydrogens is 397 g/mol. The lowest BCUT2D eigenvalue weighted by Gasteiger charge is -2.37. The number of amides is 1. The van der Waals surface area contributed by atoms with Crippen LogP contribution in [0.5, 0.6) is 0 Å². The number of likely N-dealkylation sites (tertiary alicyclic amines) is 1. The Labute approximate surface area is 175 Å². The molecule has 4 rings (SSSR count). The molecule has 6 nitrogen and oxygen atoms in total. The van der Waals surface area contributed by atoms with Crippen molar-refractivity contribution >= 4 is 34.9 Å². The van der Waals surface area contributed by atoms with Crippen LogP contribution in [0.2, 0.25) is 10.0 Å². The van der Waals surface area contributed by atoms with Gasteiger partial charge in [-0.1, -0.05) is 23.2 Å². The van der Waals surface area contributed by atoms with Crippen LogP contribution in [0.3, 0.4) is 0 Å². The van der Waals surface area contributed by atoms with E-state index < -0.39 is 0 Å². The van der Waals surface area contributed by atoms with Crippen molar-refractivity contribution in [2.75, 3.05) is 44.2 Å². The van der Waals surface area contributed by atoms with Gasteiger partial charge >= 0.3 is 0 Å². The second kappa shape index (κ2) is 8.31. The van der Waals surface area contributed by atoms with Crippen molar-refractivity contribution in [1.82, 2.24) is 19.4 Å². The molecule has 2 fully saturated rings. The molecule has 4 heterocycles. The van der Waals surface area contributed by atoms with Gasteiger partial charge in [0.1, 0.15) is 5.82 Å². The Hall–Kier alpha value is -1.76. The normalized spacial score (nSPS) is 20.8. The highest BCUT2D eigenvalue weighted by Gasteiger charge is 2.31. The number of hydrogen-bond donors (Lipinski definition) is 0. The number of anilines is 1. The zero-order valence-corrected chi connectivity index (χ0v) is 17.5. The summed E-state index contributed by atoms with van der Waals surface area (Å²) in [5.74, 6) is 0.942. The van der Waals surface area contributed by atoms with E-state index in [0.717, 1.165) is 38.3 Å². The summed E-state index contributed by atoms with van der Waals surface area (Å²) in [6, 6.07) is 6.28. The molecule has 1 atom stereocenters. The fourth-order valence-electron chi connectivity index (χ4n) is 4.25. The molecule has 1 unspecified atom stereocenters. The predicted octanol–water partition coefficient (Wildman–Crippen LogP) is 3.21. The molecule has 2 aromatic heterocycles. The van der Waals surface area contributed by atoms with E-state index in [1.54, 1.807) is 12.3 Å². The fourth-order valence-corrected chi connectivity index (χ4v) is 4.75. The highest BCUT2D eigenvalue weighted by atomic mass is 35.5. The number of halogens is 2. The van der Waals surface area contributed by atoms with Gasteiger partial charge in [-0.05, 0) is 37.6 Å². The lowest BCUT2D eigenvalue weighted by molar-refractivity contribution is -0.133. The smallest absolute Gasteiger partial charge is 0.236 e. The maximum atomic E-state index is 12.9. The minimum absolute atomic E-state index is 0.205. The number of piperazine rings is 1. The van der Waals surface area contributed by atoms with Crippen LogP contribution in [-0.4, -0.2) is 64.5 Å². The van der Waals surface area contributed by atoms with E-state index in [0.29, 0.717) is 35.7 Å². The molecule has 0 aromatic carbocycles. The van der Waals surface area contributed by atoms with Crippen LogP contribution in [0.15, 0.2) is 30.6 Å². The van der Waals surface area contributed by atoms with Crippen LogP contribution in [0, 0.1) is 0 Å². The van der Waals surface area contributed by atoms with Gasteiger partial charge in [0.25, 0.3) is 0 Å². The number of nitrogens with zero attached hydrogens (tertiary/aromatic N) is 5. The molecule has 0 radical (unpaired) electrons. The number of carbonyl (C=O) groups is 1. The summed E-state index contributed by atoms with van der Waals surface area (Å²) in [5.41, 5.74) is 1.29. The van der Waals surface area contributed by atoms with Crippen molar-refractivity contribution in [3.63, 3.8) is 0 Å². The van der Waals surface area contributed by atoms with Crippen molar-refractivity contribution < 1.29 is 4.79 Å². The topological polar surface area (TPSA) is 44.6 Å². The number of pyridine rings is 1. The van der Waals surface area contributed by atoms with Crippen molar-refractivity contribution in [3.8, 4) is 0 Å². The summed E-state index contributed by atoms with van der Waals surface area (Å²) in [5, 5.41) is 1.08. The number of rotatable bonds is 4. The second-order valence-electron chi connectivity index (χ2n) is 7.50. The lowest BCUT2D eigenvalue weighted by atomic mass is 10.1. The highest BCUT2D eigenvalue weighted by molar-refractivity contribution is 6.36. The summed E-state index contributed by atoms with van der Waals surface area (Å²) >= 11 is 12.2. The number of hydrogen-bond acceptors (Lipinski definition) is 4. The first-order valence-corrected chi connectivity index (χ1v) is 10.5. The molecule has 2 aromatic rings. The Morgan fingerprint density at radius 3 is 2.68 bits per heavy atom. The summed E-state index contributed by atoms with van der Waals surface area (Å²) in [6.45, 7) is 4.27. The molecular formula is C20H25Cl2N5O. The minimum atomic E-state index is 0.205. The Morgan fingerprint density at radius 2 is 2.00 bits per heavy atom. The van der Waals surface area contributed by atoms with Crippen LogP contribution >= 0.6 is 23.2 Å². The fraction of sp³-hybridized carbons (Fsp3) is 0.500. The van der Waals surface area contributed by atoms with E-state index in [-0.39, 0.29) is 5.91 Å². The van der Waals surface area contributed by atoms with E-state index in [4.69, 9.17) is 23.2 Å². The van der Waals surface area contributed by atoms with Gasteiger partial charge in [0.15, 0.2) is 0 Å². The van der Waals surface area contributed by atoms with Gasteiger partial charge in [0, 0.05) is 51.3 Å². The van der Waals surface area contributed by atoms with Gasteiger partial charge in [-0.25, -0.2) is 4.98 Å². The van der Waals surface area contributed by atoms with E-state index >= 15 is 0 Å². The predicted molar refractivity (Wildman–Crippen MR) is 112 cm³/mol. The molecule has 1 amide bonds. The zero-order chi connectivity index (χ0) is 19.7. The van der Waals surface area contributed by atoms with E-state index in [2.05, 4.69) is 44.7 Å². The van der Waals surface area contributed by atoms with Gasteiger partial charge in [0.05, 0.1) is 22.6 Å². The van der Waals surface area contributed by atoms with Crippen molar-refractivity contribution in [2.24, 2.45) is 7.05 Å². The molecule has 2 saturated heterocycles. The quantitative estimate of drug-likeness (QED) is 0.759. The van der Waals surface area contributed by atoms with Gasteiger partial charge in [-0.15, -0.1) is 0 Å². The van der Waals surface area contributed by atoms with Crippen molar-refractivity contribution in [3.05, 3.63) is 46.3 Å². The first-order chi connectivity index (χ1) is 13.5. The minimum Gasteiger partial charge on any atom is -0.353 e. The molecule has 2 aliphatic heterocycles. The Balaban J connectivity index is 1.34. The second-order valence-corrected chi connectivity index (χ2v) is 8.34. The maximum Gasteiger partial charge on any atom is 0.236 e. The summed E-state index contributed by atoms with van der Waals surface area (Å²) < 4.78 is 2.16. The SMILES string of the molecule is Cn1cccc1C1CCCN1CC(=O)N1CCN(c2ncc(Cl)cc2Cl)CC1. The zero-order valence-electron chi connectivity index (χ0n) is 16.0. The molecule has 0 spiro atoms. The third-order valence-corrected chi connectivity index (χ3v) is 6.23. The first-order valence-electron chi connectivity index (χ1n) is 9.72. The van der Waals surface area contributed by atoms with Crippen molar-refractivity contribution in [1.29, 1.82) is 0 Å². The van der Waals surface area contributed by atoms with E-state index in [9.17, 15) is 4.79 Å². The first kappa shape index (κ1) is 19.6. The average molecular weight is 422 g/mol. The molecule has 0 N–H and O–H groups in total. The van der Waals surface area contributed by atoms with Gasteiger partial charge < -0.3 is 14.4 Å². The molecule has 150 valence electrons. The van der Waals surface area contributed by atoms with Crippen LogP contribution in [0.4, 0.5) is 5.82 Å². The lowest BCUT2D eigenvalue weighted by Crippen LogP contribution is -2.51. The van der Waals surface area contributed by atoms with E-state index in [1.165, 1.54) is 5.69 Å². The third kappa shape index (κ3) is 4.00. The standard InChI is InChI=1S/C20H25Cl2N5O/c1-24-6-2-4-17(24)18-5-3-7-27(18)14-19(28)25-8-10-26(11-9-25)20-16(22)12-15(21)13-23-20/h2,4,6,12-13,18H,3,5,7-11,14H2,1H3. The summed E-state index contributed by atoms with van der Waals surface area (Å²) in [7, 11) is 2.07. The largest absolute Gasteiger partial charge is 0.353 e. The van der Waals surface area contributed by atoms with Crippen LogP contribution in [-0.2, 0) is 11.8 Å². The maximum absolute atomic E-state index is 12.9. The molecule has 0 saturated carbocycles. The Kier molecular flexibility index (Phi) is 5.80. The molecule has 0 bridgehead atoms. The molecule has 28 heavy (non-hydrogen) atoms. The van der Waals surface area contributed by atoms with Crippen LogP contribution in [0.1, 0.15) is 24.6 Å². The van der Waals surface area contributed by atoms with Crippen molar-refractivity contribution in [2.45, 2.75) is 18.9 Å². The summed E-state index contributed by atoms with van der Waals surface area (Å²) in [4.78, 5) is 23.7. The Morgan fingerprint density at radius 1 is 1.21 bits per heavy atom. The number of aryl methyl sites for hydroxylation is 1. The van der Waals surface area contributed by atoms with Gasteiger partial charge in [-0.3, -0.25) is 9.69 Å². The van der Waals surface area contributed by atoms with Gasteiger partial charge in [0.2, 0.25) is 5.91 Å².